The summed E-state index contributed by atoms with van der Waals surface area (Å²) in [7, 11) is 0. The molecule has 2 rings (SSSR count). The van der Waals surface area contributed by atoms with Crippen molar-refractivity contribution in [3.8, 4) is 0 Å². The van der Waals surface area contributed by atoms with Gasteiger partial charge in [0.1, 0.15) is 0 Å². The smallest absolute Gasteiger partial charge is 0.229 e. The van der Waals surface area contributed by atoms with Gasteiger partial charge in [-0.1, -0.05) is 26.0 Å². The lowest BCUT2D eigenvalue weighted by Gasteiger charge is -2.19. The fraction of sp³-hybridized carbons (Fsp3) is 0.500. The van der Waals surface area contributed by atoms with Crippen LogP contribution in [0.25, 0.3) is 0 Å². The third kappa shape index (κ3) is 2.47. The topological polar surface area (TPSA) is 20.3 Å². The molecule has 1 aliphatic heterocycles. The number of hydrogen-bond acceptors (Lipinski definition) is 1. The normalized spacial score (nSPS) is 14.2. The number of anilines is 1. The number of nitrogens with zero attached hydrogens (tertiary/aromatic N) is 1. The highest BCUT2D eigenvalue weighted by Crippen LogP contribution is 2.30. The zero-order valence-corrected chi connectivity index (χ0v) is 11.1. The molecule has 1 heterocycles. The van der Waals surface area contributed by atoms with Crippen LogP contribution >= 0.6 is 11.6 Å². The number of rotatable bonds is 3. The SMILES string of the molecule is CC(C)C(=O)N1CCc2cc(CCCl)ccc21. The molecule has 0 saturated carbocycles. The van der Waals surface area contributed by atoms with E-state index < -0.39 is 0 Å². The molecular weight excluding hydrogens is 234 g/mol. The first-order chi connectivity index (χ1) is 8.13. The van der Waals surface area contributed by atoms with Gasteiger partial charge in [0, 0.05) is 24.0 Å². The number of carbonyl (C=O) groups is 1. The summed E-state index contributed by atoms with van der Waals surface area (Å²) in [6.07, 6.45) is 1.86. The Balaban J connectivity index is 2.24. The van der Waals surface area contributed by atoms with Crippen LogP contribution in [0.2, 0.25) is 0 Å². The summed E-state index contributed by atoms with van der Waals surface area (Å²) in [6.45, 7) is 4.71. The largest absolute Gasteiger partial charge is 0.312 e. The molecule has 2 nitrogen and oxygen atoms in total. The van der Waals surface area contributed by atoms with Gasteiger partial charge in [-0.15, -0.1) is 11.6 Å². The lowest BCUT2D eigenvalue weighted by molar-refractivity contribution is -0.121. The first-order valence-corrected chi connectivity index (χ1v) is 6.66. The molecule has 0 saturated heterocycles. The molecule has 1 aromatic rings. The van der Waals surface area contributed by atoms with Crippen LogP contribution in [-0.4, -0.2) is 18.3 Å². The van der Waals surface area contributed by atoms with Crippen LogP contribution < -0.4 is 4.90 Å². The lowest BCUT2D eigenvalue weighted by atomic mass is 10.1. The van der Waals surface area contributed by atoms with E-state index in [2.05, 4.69) is 18.2 Å². The second kappa shape index (κ2) is 5.09. The molecule has 1 aromatic carbocycles. The summed E-state index contributed by atoms with van der Waals surface area (Å²) in [5.41, 5.74) is 3.63. The molecule has 0 fully saturated rings. The zero-order chi connectivity index (χ0) is 12.4. The van der Waals surface area contributed by atoms with E-state index in [4.69, 9.17) is 11.6 Å². The number of halogens is 1. The maximum atomic E-state index is 12.0. The molecule has 0 aliphatic carbocycles. The third-order valence-electron chi connectivity index (χ3n) is 3.18. The van der Waals surface area contributed by atoms with Crippen LogP contribution in [0.4, 0.5) is 5.69 Å². The van der Waals surface area contributed by atoms with Gasteiger partial charge in [-0.2, -0.15) is 0 Å². The lowest BCUT2D eigenvalue weighted by Crippen LogP contribution is -2.32. The molecule has 92 valence electrons. The number of hydrogen-bond donors (Lipinski definition) is 0. The van der Waals surface area contributed by atoms with Crippen LogP contribution in [0, 0.1) is 5.92 Å². The number of benzene rings is 1. The highest BCUT2D eigenvalue weighted by Gasteiger charge is 2.26. The van der Waals surface area contributed by atoms with E-state index in [1.54, 1.807) is 0 Å². The first kappa shape index (κ1) is 12.4. The van der Waals surface area contributed by atoms with Crippen LogP contribution in [0.1, 0.15) is 25.0 Å². The highest BCUT2D eigenvalue weighted by atomic mass is 35.5. The Kier molecular flexibility index (Phi) is 3.72. The average molecular weight is 252 g/mol. The monoisotopic (exact) mass is 251 g/mol. The second-order valence-electron chi connectivity index (χ2n) is 4.80. The minimum atomic E-state index is 0.0588. The van der Waals surface area contributed by atoms with Crippen LogP contribution in [0.5, 0.6) is 0 Å². The van der Waals surface area contributed by atoms with Crippen LogP contribution in [0.3, 0.4) is 0 Å². The Morgan fingerprint density at radius 2 is 2.24 bits per heavy atom. The van der Waals surface area contributed by atoms with E-state index in [9.17, 15) is 4.79 Å². The molecule has 1 aliphatic rings. The standard InChI is InChI=1S/C14H18ClNO/c1-10(2)14(17)16-8-6-12-9-11(5-7-15)3-4-13(12)16/h3-4,9-10H,5-8H2,1-2H3. The number of alkyl halides is 1. The quantitative estimate of drug-likeness (QED) is 0.757. The van der Waals surface area contributed by atoms with Gasteiger partial charge >= 0.3 is 0 Å². The van der Waals surface area contributed by atoms with Gasteiger partial charge < -0.3 is 4.90 Å². The zero-order valence-electron chi connectivity index (χ0n) is 10.4. The summed E-state index contributed by atoms with van der Waals surface area (Å²) in [5, 5.41) is 0. The minimum absolute atomic E-state index is 0.0588. The molecule has 0 atom stereocenters. The van der Waals surface area contributed by atoms with Crippen molar-refractivity contribution in [3.63, 3.8) is 0 Å². The number of amides is 1. The Labute approximate surface area is 108 Å². The van der Waals surface area contributed by atoms with Gasteiger partial charge in [0.25, 0.3) is 0 Å². The Morgan fingerprint density at radius 1 is 1.47 bits per heavy atom. The van der Waals surface area contributed by atoms with Crippen molar-refractivity contribution in [2.45, 2.75) is 26.7 Å². The van der Waals surface area contributed by atoms with Crippen molar-refractivity contribution in [3.05, 3.63) is 29.3 Å². The number of fused-ring (bicyclic) bond motifs is 1. The fourth-order valence-electron chi connectivity index (χ4n) is 2.26. The number of aryl methyl sites for hydroxylation is 1. The molecule has 17 heavy (non-hydrogen) atoms. The summed E-state index contributed by atoms with van der Waals surface area (Å²) < 4.78 is 0. The summed E-state index contributed by atoms with van der Waals surface area (Å²) in [4.78, 5) is 13.9. The third-order valence-corrected chi connectivity index (χ3v) is 3.37. The Morgan fingerprint density at radius 3 is 2.88 bits per heavy atom. The van der Waals surface area contributed by atoms with E-state index in [0.717, 1.165) is 25.1 Å². The van der Waals surface area contributed by atoms with E-state index in [1.165, 1.54) is 11.1 Å². The minimum Gasteiger partial charge on any atom is -0.312 e. The van der Waals surface area contributed by atoms with E-state index in [1.807, 2.05) is 18.7 Å². The molecule has 0 unspecified atom stereocenters. The number of carbonyl (C=O) groups excluding carboxylic acids is 1. The average Bonchev–Trinajstić information content (AvgIpc) is 2.71. The van der Waals surface area contributed by atoms with Crippen LogP contribution in [-0.2, 0) is 17.6 Å². The van der Waals surface area contributed by atoms with Gasteiger partial charge in [0.05, 0.1) is 0 Å². The van der Waals surface area contributed by atoms with Crippen molar-refractivity contribution in [2.75, 3.05) is 17.3 Å². The molecule has 0 aromatic heterocycles. The maximum Gasteiger partial charge on any atom is 0.229 e. The molecule has 0 spiro atoms. The summed E-state index contributed by atoms with van der Waals surface area (Å²) >= 11 is 5.74. The van der Waals surface area contributed by atoms with Gasteiger partial charge in [-0.05, 0) is 30.0 Å². The van der Waals surface area contributed by atoms with E-state index in [0.29, 0.717) is 5.88 Å². The van der Waals surface area contributed by atoms with Gasteiger partial charge in [-0.25, -0.2) is 0 Å². The molecule has 3 heteroatoms. The summed E-state index contributed by atoms with van der Waals surface area (Å²) in [5.74, 6) is 0.922. The van der Waals surface area contributed by atoms with Crippen molar-refractivity contribution in [1.82, 2.24) is 0 Å². The molecular formula is C14H18ClNO. The highest BCUT2D eigenvalue weighted by molar-refractivity contribution is 6.18. The Hall–Kier alpha value is -1.02. The van der Waals surface area contributed by atoms with E-state index in [-0.39, 0.29) is 11.8 Å². The van der Waals surface area contributed by atoms with Gasteiger partial charge in [0.2, 0.25) is 5.91 Å². The van der Waals surface area contributed by atoms with Crippen molar-refractivity contribution >= 4 is 23.2 Å². The van der Waals surface area contributed by atoms with Gasteiger partial charge in [-0.3, -0.25) is 4.79 Å². The predicted molar refractivity (Wildman–Crippen MR) is 71.8 cm³/mol. The van der Waals surface area contributed by atoms with Crippen LogP contribution in [0.15, 0.2) is 18.2 Å². The molecule has 0 bridgehead atoms. The fourth-order valence-corrected chi connectivity index (χ4v) is 2.48. The maximum absolute atomic E-state index is 12.0. The Bertz CT molecular complexity index is 428. The molecule has 0 N–H and O–H groups in total. The molecule has 0 radical (unpaired) electrons. The first-order valence-electron chi connectivity index (χ1n) is 6.12. The van der Waals surface area contributed by atoms with Crippen molar-refractivity contribution < 1.29 is 4.79 Å². The van der Waals surface area contributed by atoms with Crippen molar-refractivity contribution in [1.29, 1.82) is 0 Å². The molecule has 1 amide bonds. The van der Waals surface area contributed by atoms with Gasteiger partial charge in [0.15, 0.2) is 0 Å². The van der Waals surface area contributed by atoms with Crippen molar-refractivity contribution in [2.24, 2.45) is 5.92 Å². The predicted octanol–water partition coefficient (Wildman–Crippen LogP) is 3.01. The van der Waals surface area contributed by atoms with E-state index >= 15 is 0 Å². The second-order valence-corrected chi connectivity index (χ2v) is 5.17. The summed E-state index contributed by atoms with van der Waals surface area (Å²) in [6, 6.07) is 6.32.